The summed E-state index contributed by atoms with van der Waals surface area (Å²) in [5, 5.41) is 0. The molecule has 1 rings (SSSR count). The summed E-state index contributed by atoms with van der Waals surface area (Å²) in [6.07, 6.45) is 0.853. The molecule has 1 saturated carbocycles. The van der Waals surface area contributed by atoms with Crippen molar-refractivity contribution in [1.82, 2.24) is 0 Å². The van der Waals surface area contributed by atoms with E-state index in [0.717, 1.165) is 6.42 Å². The van der Waals surface area contributed by atoms with Crippen LogP contribution in [0, 0.1) is 10.8 Å². The van der Waals surface area contributed by atoms with E-state index in [1.165, 1.54) is 0 Å². The molecule has 0 amide bonds. The highest BCUT2D eigenvalue weighted by Crippen LogP contribution is 2.63. The summed E-state index contributed by atoms with van der Waals surface area (Å²) in [5.41, 5.74) is -0.0702. The molecule has 1 fully saturated rings. The Hall–Kier alpha value is 0.630. The van der Waals surface area contributed by atoms with E-state index in [2.05, 4.69) is 73.4 Å². The lowest BCUT2D eigenvalue weighted by molar-refractivity contribution is -0.138. The van der Waals surface area contributed by atoms with Gasteiger partial charge in [-0.25, -0.2) is 0 Å². The van der Waals surface area contributed by atoms with Crippen LogP contribution >= 0.6 is 31.9 Å². The molecular formula is C12H20Br2O. The standard InChI is InChI=1S/C12H20Br2O/c1-9(2,3)11(13)7-12(14,8(11)15)10(4,5)6/h7H2,1-6H3/t11-,12+. The van der Waals surface area contributed by atoms with Gasteiger partial charge in [0.1, 0.15) is 0 Å². The van der Waals surface area contributed by atoms with Gasteiger partial charge in [0.15, 0.2) is 5.78 Å². The number of carbonyl (C=O) groups excluding carboxylic acids is 1. The molecule has 2 atom stereocenters. The van der Waals surface area contributed by atoms with Gasteiger partial charge in [0.05, 0.1) is 8.65 Å². The molecule has 0 heterocycles. The normalized spacial score (nSPS) is 37.7. The van der Waals surface area contributed by atoms with Crippen molar-refractivity contribution in [2.45, 2.75) is 56.6 Å². The van der Waals surface area contributed by atoms with Gasteiger partial charge in [-0.15, -0.1) is 0 Å². The third-order valence-corrected chi connectivity index (χ3v) is 7.24. The highest BCUT2D eigenvalue weighted by Gasteiger charge is 2.69. The second kappa shape index (κ2) is 3.32. The first-order valence-corrected chi connectivity index (χ1v) is 6.88. The van der Waals surface area contributed by atoms with Gasteiger partial charge in [-0.2, -0.15) is 0 Å². The fourth-order valence-corrected chi connectivity index (χ4v) is 4.08. The van der Waals surface area contributed by atoms with Crippen molar-refractivity contribution in [3.63, 3.8) is 0 Å². The average Bonchev–Trinajstić information content (AvgIpc) is 1.99. The Morgan fingerprint density at radius 3 is 1.33 bits per heavy atom. The van der Waals surface area contributed by atoms with Crippen molar-refractivity contribution in [2.24, 2.45) is 10.8 Å². The zero-order valence-corrected chi connectivity index (χ0v) is 13.5. The summed E-state index contributed by atoms with van der Waals surface area (Å²) < 4.78 is -0.729. The first kappa shape index (κ1) is 13.7. The van der Waals surface area contributed by atoms with Crippen LogP contribution in [0.2, 0.25) is 0 Å². The number of hydrogen-bond donors (Lipinski definition) is 0. The predicted molar refractivity (Wildman–Crippen MR) is 71.9 cm³/mol. The second-order valence-corrected chi connectivity index (χ2v) is 9.32. The number of hydrogen-bond acceptors (Lipinski definition) is 1. The first-order valence-electron chi connectivity index (χ1n) is 5.29. The highest BCUT2D eigenvalue weighted by atomic mass is 79.9. The largest absolute Gasteiger partial charge is 0.296 e. The summed E-state index contributed by atoms with van der Waals surface area (Å²) in [6.45, 7) is 12.6. The van der Waals surface area contributed by atoms with Crippen LogP contribution in [0.3, 0.4) is 0 Å². The zero-order chi connectivity index (χ0) is 12.3. The molecule has 0 aromatic carbocycles. The topological polar surface area (TPSA) is 17.1 Å². The van der Waals surface area contributed by atoms with Gasteiger partial charge in [0.25, 0.3) is 0 Å². The molecule has 0 N–H and O–H groups in total. The maximum absolute atomic E-state index is 12.4. The van der Waals surface area contributed by atoms with Crippen molar-refractivity contribution in [2.75, 3.05) is 0 Å². The number of halogens is 2. The van der Waals surface area contributed by atoms with Gasteiger partial charge < -0.3 is 0 Å². The quantitative estimate of drug-likeness (QED) is 0.601. The molecule has 0 bridgehead atoms. The van der Waals surface area contributed by atoms with E-state index < -0.39 is 0 Å². The maximum Gasteiger partial charge on any atom is 0.167 e. The maximum atomic E-state index is 12.4. The van der Waals surface area contributed by atoms with Crippen LogP contribution in [-0.2, 0) is 4.79 Å². The smallest absolute Gasteiger partial charge is 0.167 e. The lowest BCUT2D eigenvalue weighted by atomic mass is 9.55. The van der Waals surface area contributed by atoms with Crippen LogP contribution in [0.1, 0.15) is 48.0 Å². The van der Waals surface area contributed by atoms with Crippen LogP contribution < -0.4 is 0 Å². The van der Waals surface area contributed by atoms with Crippen molar-refractivity contribution in [3.05, 3.63) is 0 Å². The molecule has 0 saturated heterocycles. The minimum atomic E-state index is -0.364. The molecule has 0 unspecified atom stereocenters. The molecule has 0 aromatic heterocycles. The molecule has 3 heteroatoms. The van der Waals surface area contributed by atoms with Crippen molar-refractivity contribution >= 4 is 37.6 Å². The van der Waals surface area contributed by atoms with Gasteiger partial charge in [0.2, 0.25) is 0 Å². The van der Waals surface area contributed by atoms with Crippen LogP contribution in [0.5, 0.6) is 0 Å². The van der Waals surface area contributed by atoms with Gasteiger partial charge in [0, 0.05) is 0 Å². The Labute approximate surface area is 110 Å². The number of carbonyl (C=O) groups is 1. The molecule has 88 valence electrons. The van der Waals surface area contributed by atoms with E-state index in [0.29, 0.717) is 0 Å². The fourth-order valence-electron chi connectivity index (χ4n) is 1.92. The Balaban J connectivity index is 3.02. The molecule has 1 aliphatic carbocycles. The van der Waals surface area contributed by atoms with Gasteiger partial charge >= 0.3 is 0 Å². The molecule has 1 aliphatic rings. The second-order valence-electron chi connectivity index (χ2n) is 6.61. The first-order chi connectivity index (χ1) is 6.36. The predicted octanol–water partition coefficient (Wildman–Crippen LogP) is 4.32. The molecule has 15 heavy (non-hydrogen) atoms. The van der Waals surface area contributed by atoms with E-state index in [-0.39, 0.29) is 25.3 Å². The van der Waals surface area contributed by atoms with Crippen LogP contribution in [-0.4, -0.2) is 14.4 Å². The summed E-state index contributed by atoms with van der Waals surface area (Å²) in [5.74, 6) is 0.287. The molecular weight excluding hydrogens is 320 g/mol. The van der Waals surface area contributed by atoms with Crippen LogP contribution in [0.25, 0.3) is 0 Å². The van der Waals surface area contributed by atoms with Crippen molar-refractivity contribution in [1.29, 1.82) is 0 Å². The molecule has 0 radical (unpaired) electrons. The Kier molecular flexibility index (Phi) is 3.03. The molecule has 0 aliphatic heterocycles. The lowest BCUT2D eigenvalue weighted by Gasteiger charge is -2.59. The van der Waals surface area contributed by atoms with Crippen LogP contribution in [0.4, 0.5) is 0 Å². The number of Topliss-reactive ketones (excluding diaryl/α,β-unsaturated/α-hetero) is 1. The third-order valence-electron chi connectivity index (χ3n) is 3.58. The van der Waals surface area contributed by atoms with E-state index in [4.69, 9.17) is 0 Å². The third kappa shape index (κ3) is 1.74. The van der Waals surface area contributed by atoms with Gasteiger partial charge in [-0.1, -0.05) is 73.4 Å². The summed E-state index contributed by atoms with van der Waals surface area (Å²) in [7, 11) is 0. The molecule has 0 aromatic rings. The zero-order valence-electron chi connectivity index (χ0n) is 10.4. The van der Waals surface area contributed by atoms with E-state index in [1.807, 2.05) is 0 Å². The van der Waals surface area contributed by atoms with Crippen LogP contribution in [0.15, 0.2) is 0 Å². The average molecular weight is 340 g/mol. The van der Waals surface area contributed by atoms with Gasteiger partial charge in [-0.05, 0) is 17.3 Å². The summed E-state index contributed by atoms with van der Waals surface area (Å²) >= 11 is 7.28. The Morgan fingerprint density at radius 1 is 0.933 bits per heavy atom. The number of alkyl halides is 2. The Bertz CT molecular complexity index is 270. The fraction of sp³-hybridized carbons (Fsp3) is 0.917. The van der Waals surface area contributed by atoms with E-state index >= 15 is 0 Å². The summed E-state index contributed by atoms with van der Waals surface area (Å²) in [6, 6.07) is 0. The minimum absolute atomic E-state index is 0.0351. The molecule has 0 spiro atoms. The van der Waals surface area contributed by atoms with E-state index in [1.54, 1.807) is 0 Å². The number of ketones is 1. The number of rotatable bonds is 0. The highest BCUT2D eigenvalue weighted by molar-refractivity contribution is 9.11. The van der Waals surface area contributed by atoms with Crippen molar-refractivity contribution < 1.29 is 4.79 Å². The Morgan fingerprint density at radius 2 is 1.20 bits per heavy atom. The van der Waals surface area contributed by atoms with E-state index in [9.17, 15) is 4.79 Å². The monoisotopic (exact) mass is 338 g/mol. The van der Waals surface area contributed by atoms with Crippen molar-refractivity contribution in [3.8, 4) is 0 Å². The minimum Gasteiger partial charge on any atom is -0.296 e. The van der Waals surface area contributed by atoms with Gasteiger partial charge in [-0.3, -0.25) is 4.79 Å². The summed E-state index contributed by atoms with van der Waals surface area (Å²) in [4.78, 5) is 12.4. The SMILES string of the molecule is CC(C)(C)[C@@]1(Br)C[C@@](Br)(C(C)(C)C)C1=O. The lowest BCUT2D eigenvalue weighted by Crippen LogP contribution is -2.70. The molecule has 1 nitrogen and oxygen atoms in total.